The molecule has 0 spiro atoms. The monoisotopic (exact) mass is 550 g/mol. The normalized spacial score (nSPS) is 11.6. The molecule has 208 valence electrons. The number of aliphatic hydroxyl groups is 2. The van der Waals surface area contributed by atoms with Gasteiger partial charge in [0.05, 0.1) is 0 Å². The van der Waals surface area contributed by atoms with E-state index < -0.39 is 0 Å². The number of hydrogen-bond acceptors (Lipinski definition) is 8. The smallest absolute Gasteiger partial charge is 0.146 e. The van der Waals surface area contributed by atoms with E-state index in [0.717, 1.165) is 22.3 Å². The number of aromatic nitrogens is 6. The lowest BCUT2D eigenvalue weighted by Gasteiger charge is -2.15. The second kappa shape index (κ2) is 10.6. The van der Waals surface area contributed by atoms with Gasteiger partial charge in [-0.3, -0.25) is 0 Å². The van der Waals surface area contributed by atoms with E-state index in [-0.39, 0.29) is 31.1 Å². The number of phenols is 2. The van der Waals surface area contributed by atoms with Crippen molar-refractivity contribution in [3.8, 4) is 22.9 Å². The molecule has 0 bridgehead atoms. The van der Waals surface area contributed by atoms with E-state index in [1.54, 1.807) is 12.1 Å². The molecule has 0 unspecified atom stereocenters. The molecule has 0 aliphatic rings. The van der Waals surface area contributed by atoms with Crippen molar-refractivity contribution >= 4 is 22.1 Å². The number of nitrogens with zero attached hydrogens (tertiary/aromatic N) is 6. The van der Waals surface area contributed by atoms with E-state index in [2.05, 4.69) is 20.4 Å². The molecule has 0 saturated heterocycles. The van der Waals surface area contributed by atoms with Gasteiger partial charge in [0.2, 0.25) is 0 Å². The summed E-state index contributed by atoms with van der Waals surface area (Å²) in [5.41, 5.74) is 8.26. The lowest BCUT2D eigenvalue weighted by atomic mass is 9.96. The minimum absolute atomic E-state index is 0.0318. The van der Waals surface area contributed by atoms with Crippen LogP contribution in [-0.2, 0) is 19.3 Å². The molecule has 0 amide bonds. The van der Waals surface area contributed by atoms with Crippen molar-refractivity contribution in [1.82, 2.24) is 30.0 Å². The number of phenolic OH excluding ortho intramolecular Hbond substituents is 2. The maximum atomic E-state index is 11.4. The van der Waals surface area contributed by atoms with E-state index >= 15 is 0 Å². The van der Waals surface area contributed by atoms with Crippen LogP contribution in [0.4, 0.5) is 0 Å². The molecule has 10 heteroatoms. The predicted molar refractivity (Wildman–Crippen MR) is 155 cm³/mol. The van der Waals surface area contributed by atoms with Crippen LogP contribution in [0, 0.1) is 13.8 Å². The molecule has 0 fully saturated rings. The predicted octanol–water partition coefficient (Wildman–Crippen LogP) is 3.84. The zero-order chi connectivity index (χ0) is 28.7. The Morgan fingerprint density at radius 2 is 0.976 bits per heavy atom. The quantitative estimate of drug-likeness (QED) is 0.224. The fourth-order valence-corrected chi connectivity index (χ4v) is 5.08. The van der Waals surface area contributed by atoms with Crippen LogP contribution in [0.25, 0.3) is 33.4 Å². The second-order valence-corrected chi connectivity index (χ2v) is 10.3. The van der Waals surface area contributed by atoms with Crippen molar-refractivity contribution in [2.45, 2.75) is 33.1 Å². The minimum Gasteiger partial charge on any atom is -0.505 e. The Morgan fingerprint density at radius 3 is 1.39 bits per heavy atom. The van der Waals surface area contributed by atoms with Crippen molar-refractivity contribution in [2.75, 3.05) is 13.2 Å². The third-order valence-electron chi connectivity index (χ3n) is 7.14. The Bertz CT molecular complexity index is 1770. The molecule has 0 saturated carbocycles. The fraction of sp³-hybridized carbons (Fsp3) is 0.226. The number of fused-ring (bicyclic) bond motifs is 2. The van der Waals surface area contributed by atoms with Crippen LogP contribution >= 0.6 is 0 Å². The molecule has 2 heterocycles. The Balaban J connectivity index is 1.46. The standard InChI is InChI=1S/C31H30N6O4/c1-18-3-5-24-26(11-18)34-36(32-24)28-15-20(7-9-38)13-22(30(28)40)17-23-14-21(8-10-39)16-29(31(23)41)37-33-25-6-4-19(2)12-27(25)35-37/h3-6,11-16,38-41H,7-10,17H2,1-2H3. The van der Waals surface area contributed by atoms with Crippen LogP contribution in [-0.4, -0.2) is 63.6 Å². The zero-order valence-electron chi connectivity index (χ0n) is 22.8. The number of benzene rings is 4. The highest BCUT2D eigenvalue weighted by molar-refractivity contribution is 5.76. The van der Waals surface area contributed by atoms with Gasteiger partial charge in [0.15, 0.2) is 0 Å². The summed E-state index contributed by atoms with van der Waals surface area (Å²) >= 11 is 0. The van der Waals surface area contributed by atoms with Crippen LogP contribution in [0.5, 0.6) is 11.5 Å². The molecule has 4 N–H and O–H groups in total. The number of aromatic hydroxyl groups is 2. The molecular weight excluding hydrogens is 520 g/mol. The van der Waals surface area contributed by atoms with Crippen molar-refractivity contribution in [1.29, 1.82) is 0 Å². The van der Waals surface area contributed by atoms with E-state index in [4.69, 9.17) is 0 Å². The Labute approximate surface area is 235 Å². The molecule has 10 nitrogen and oxygen atoms in total. The average molecular weight is 551 g/mol. The molecular formula is C31H30N6O4. The topological polar surface area (TPSA) is 142 Å². The van der Waals surface area contributed by atoms with Gasteiger partial charge in [-0.25, -0.2) is 0 Å². The van der Waals surface area contributed by atoms with Crippen molar-refractivity contribution in [3.63, 3.8) is 0 Å². The van der Waals surface area contributed by atoms with Crippen LogP contribution in [0.3, 0.4) is 0 Å². The van der Waals surface area contributed by atoms with Gasteiger partial charge in [-0.15, -0.1) is 30.0 Å². The largest absolute Gasteiger partial charge is 0.505 e. The third kappa shape index (κ3) is 5.10. The molecule has 0 aliphatic heterocycles. The highest BCUT2D eigenvalue weighted by Crippen LogP contribution is 2.35. The summed E-state index contributed by atoms with van der Waals surface area (Å²) in [4.78, 5) is 2.80. The maximum Gasteiger partial charge on any atom is 0.146 e. The maximum absolute atomic E-state index is 11.4. The summed E-state index contributed by atoms with van der Waals surface area (Å²) in [6.45, 7) is 3.81. The summed E-state index contributed by atoms with van der Waals surface area (Å²) in [6, 6.07) is 18.6. The first-order valence-electron chi connectivity index (χ1n) is 13.4. The molecule has 41 heavy (non-hydrogen) atoms. The van der Waals surface area contributed by atoms with Crippen molar-refractivity contribution in [3.05, 3.63) is 94.0 Å². The van der Waals surface area contributed by atoms with Crippen LogP contribution in [0.15, 0.2) is 60.7 Å². The molecule has 2 aromatic heterocycles. The first-order valence-corrected chi connectivity index (χ1v) is 13.4. The molecule has 6 rings (SSSR count). The van der Waals surface area contributed by atoms with Crippen molar-refractivity contribution in [2.24, 2.45) is 0 Å². The number of aryl methyl sites for hydroxylation is 2. The second-order valence-electron chi connectivity index (χ2n) is 10.3. The van der Waals surface area contributed by atoms with E-state index in [1.165, 1.54) is 9.59 Å². The fourth-order valence-electron chi connectivity index (χ4n) is 5.08. The summed E-state index contributed by atoms with van der Waals surface area (Å²) < 4.78 is 0. The van der Waals surface area contributed by atoms with E-state index in [0.29, 0.717) is 57.4 Å². The lowest BCUT2D eigenvalue weighted by Crippen LogP contribution is -2.06. The number of hydrogen-bond donors (Lipinski definition) is 4. The summed E-state index contributed by atoms with van der Waals surface area (Å²) in [7, 11) is 0. The third-order valence-corrected chi connectivity index (χ3v) is 7.14. The van der Waals surface area contributed by atoms with Gasteiger partial charge in [0.1, 0.15) is 44.9 Å². The van der Waals surface area contributed by atoms with Gasteiger partial charge in [-0.05, 0) is 85.3 Å². The molecule has 0 atom stereocenters. The minimum atomic E-state index is -0.0727. The van der Waals surface area contributed by atoms with E-state index in [9.17, 15) is 20.4 Å². The Kier molecular flexibility index (Phi) is 6.86. The summed E-state index contributed by atoms with van der Waals surface area (Å²) in [5.74, 6) is -0.0636. The van der Waals surface area contributed by atoms with Crippen LogP contribution < -0.4 is 0 Å². The van der Waals surface area contributed by atoms with Crippen LogP contribution in [0.1, 0.15) is 33.4 Å². The first-order chi connectivity index (χ1) is 19.8. The highest BCUT2D eigenvalue weighted by atomic mass is 16.3. The van der Waals surface area contributed by atoms with Gasteiger partial charge in [-0.2, -0.15) is 0 Å². The van der Waals surface area contributed by atoms with Gasteiger partial charge in [-0.1, -0.05) is 24.3 Å². The van der Waals surface area contributed by atoms with Crippen molar-refractivity contribution < 1.29 is 20.4 Å². The molecule has 0 aliphatic carbocycles. The Hall–Kier alpha value is -4.80. The van der Waals surface area contributed by atoms with Crippen LogP contribution in [0.2, 0.25) is 0 Å². The van der Waals surface area contributed by atoms with Gasteiger partial charge < -0.3 is 20.4 Å². The summed E-state index contributed by atoms with van der Waals surface area (Å²) in [6.07, 6.45) is 0.895. The molecule has 6 aromatic rings. The zero-order valence-corrected chi connectivity index (χ0v) is 22.8. The SMILES string of the molecule is Cc1ccc2nn(-c3cc(CCO)cc(Cc4cc(CCO)cc(-n5nc6ccc(C)cc6n5)c4O)c3O)nc2c1. The lowest BCUT2D eigenvalue weighted by molar-refractivity contribution is 0.299. The first kappa shape index (κ1) is 26.4. The molecule has 4 aromatic carbocycles. The molecule has 0 radical (unpaired) electrons. The van der Waals surface area contributed by atoms with E-state index in [1.807, 2.05) is 62.4 Å². The summed E-state index contributed by atoms with van der Waals surface area (Å²) in [5, 5.41) is 60.5. The number of aliphatic hydroxyl groups excluding tert-OH is 2. The average Bonchev–Trinajstić information content (AvgIpc) is 3.55. The number of rotatable bonds is 8. The highest BCUT2D eigenvalue weighted by Gasteiger charge is 2.20. The van der Waals surface area contributed by atoms with Gasteiger partial charge in [0.25, 0.3) is 0 Å². The van der Waals surface area contributed by atoms with Gasteiger partial charge >= 0.3 is 0 Å². The van der Waals surface area contributed by atoms with Gasteiger partial charge in [0, 0.05) is 30.8 Å². The Morgan fingerprint density at radius 1 is 0.561 bits per heavy atom.